The smallest absolute Gasteiger partial charge is 0.0969 e. The molecule has 2 aromatic rings. The first-order chi connectivity index (χ1) is 9.20. The maximum absolute atomic E-state index is 5.91. The summed E-state index contributed by atoms with van der Waals surface area (Å²) in [4.78, 5) is 0. The van der Waals surface area contributed by atoms with Crippen molar-refractivity contribution in [1.82, 2.24) is 20.3 Å². The van der Waals surface area contributed by atoms with E-state index < -0.39 is 0 Å². The molecule has 1 N–H and O–H groups in total. The number of methoxy groups -OCH3 is 1. The molecule has 0 saturated carbocycles. The molecule has 0 atom stereocenters. The van der Waals surface area contributed by atoms with E-state index in [4.69, 9.17) is 16.3 Å². The third kappa shape index (κ3) is 4.01. The molecule has 0 aliphatic heterocycles. The highest BCUT2D eigenvalue weighted by atomic mass is 79.9. The predicted octanol–water partition coefficient (Wildman–Crippen LogP) is 2.42. The first-order valence-electron chi connectivity index (χ1n) is 5.77. The summed E-state index contributed by atoms with van der Waals surface area (Å²) in [6.45, 7) is 2.12. The average molecular weight is 346 g/mol. The molecule has 0 saturated heterocycles. The number of halogens is 2. The zero-order chi connectivity index (χ0) is 13.7. The SMILES string of the molecule is COCCNCc1cn(-c2ccc(Cl)cc2Br)nn1. The number of rotatable bonds is 6. The van der Waals surface area contributed by atoms with Crippen molar-refractivity contribution in [2.45, 2.75) is 6.54 Å². The van der Waals surface area contributed by atoms with Gasteiger partial charge in [-0.1, -0.05) is 16.8 Å². The van der Waals surface area contributed by atoms with Crippen molar-refractivity contribution in [2.24, 2.45) is 0 Å². The van der Waals surface area contributed by atoms with Crippen LogP contribution < -0.4 is 5.32 Å². The summed E-state index contributed by atoms with van der Waals surface area (Å²) in [5, 5.41) is 12.1. The molecule has 1 aromatic heterocycles. The molecule has 0 bridgehead atoms. The Morgan fingerprint density at radius 2 is 2.32 bits per heavy atom. The third-order valence-corrected chi connectivity index (χ3v) is 3.36. The highest BCUT2D eigenvalue weighted by molar-refractivity contribution is 9.10. The fourth-order valence-corrected chi connectivity index (χ4v) is 2.42. The quantitative estimate of drug-likeness (QED) is 0.817. The molecule has 7 heteroatoms. The summed E-state index contributed by atoms with van der Waals surface area (Å²) < 4.78 is 7.55. The predicted molar refractivity (Wildman–Crippen MR) is 77.7 cm³/mol. The lowest BCUT2D eigenvalue weighted by Gasteiger charge is -2.03. The summed E-state index contributed by atoms with van der Waals surface area (Å²) in [6.07, 6.45) is 1.88. The third-order valence-electron chi connectivity index (χ3n) is 2.49. The molecule has 0 aliphatic rings. The van der Waals surface area contributed by atoms with E-state index in [9.17, 15) is 0 Å². The van der Waals surface area contributed by atoms with Gasteiger partial charge in [0.15, 0.2) is 0 Å². The number of nitrogens with one attached hydrogen (secondary N) is 1. The fraction of sp³-hybridized carbons (Fsp3) is 0.333. The van der Waals surface area contributed by atoms with Crippen LogP contribution in [0.25, 0.3) is 5.69 Å². The Kier molecular flexibility index (Phi) is 5.33. The second-order valence-corrected chi connectivity index (χ2v) is 5.21. The summed E-state index contributed by atoms with van der Waals surface area (Å²) >= 11 is 9.37. The second-order valence-electron chi connectivity index (χ2n) is 3.92. The normalized spacial score (nSPS) is 10.9. The van der Waals surface area contributed by atoms with Crippen LogP contribution in [-0.4, -0.2) is 35.3 Å². The van der Waals surface area contributed by atoms with Gasteiger partial charge in [-0.25, -0.2) is 4.68 Å². The molecular weight excluding hydrogens is 332 g/mol. The van der Waals surface area contributed by atoms with E-state index in [1.807, 2.05) is 24.4 Å². The average Bonchev–Trinajstić information content (AvgIpc) is 2.83. The van der Waals surface area contributed by atoms with E-state index >= 15 is 0 Å². The van der Waals surface area contributed by atoms with Crippen molar-refractivity contribution in [1.29, 1.82) is 0 Å². The second kappa shape index (κ2) is 7.00. The highest BCUT2D eigenvalue weighted by Crippen LogP contribution is 2.24. The first kappa shape index (κ1) is 14.5. The molecule has 0 amide bonds. The molecule has 1 heterocycles. The van der Waals surface area contributed by atoms with Crippen LogP contribution in [0.5, 0.6) is 0 Å². The molecule has 102 valence electrons. The standard InChI is InChI=1S/C12H14BrClN4O/c1-19-5-4-15-7-10-8-18(17-16-10)12-3-2-9(14)6-11(12)13/h2-3,6,8,15H,4-5,7H2,1H3. The number of ether oxygens (including phenoxy) is 1. The van der Waals surface area contributed by atoms with Crippen LogP contribution in [0.4, 0.5) is 0 Å². The van der Waals surface area contributed by atoms with Crippen LogP contribution >= 0.6 is 27.5 Å². The number of hydrogen-bond acceptors (Lipinski definition) is 4. The maximum Gasteiger partial charge on any atom is 0.0969 e. The molecule has 2 rings (SSSR count). The van der Waals surface area contributed by atoms with E-state index in [0.29, 0.717) is 18.2 Å². The van der Waals surface area contributed by atoms with Crippen LogP contribution in [0.1, 0.15) is 5.69 Å². The van der Waals surface area contributed by atoms with E-state index in [1.165, 1.54) is 0 Å². The zero-order valence-electron chi connectivity index (χ0n) is 10.4. The molecule has 19 heavy (non-hydrogen) atoms. The van der Waals surface area contributed by atoms with Crippen molar-refractivity contribution in [2.75, 3.05) is 20.3 Å². The van der Waals surface area contributed by atoms with Crippen molar-refractivity contribution < 1.29 is 4.74 Å². The maximum atomic E-state index is 5.91. The molecule has 0 aliphatic carbocycles. The van der Waals surface area contributed by atoms with Gasteiger partial charge in [0.2, 0.25) is 0 Å². The van der Waals surface area contributed by atoms with Crippen LogP contribution in [0, 0.1) is 0 Å². The number of aromatic nitrogens is 3. The fourth-order valence-electron chi connectivity index (χ4n) is 1.55. The summed E-state index contributed by atoms with van der Waals surface area (Å²) in [7, 11) is 1.68. The van der Waals surface area contributed by atoms with Gasteiger partial charge in [0.05, 0.1) is 24.2 Å². The number of hydrogen-bond donors (Lipinski definition) is 1. The molecule has 0 radical (unpaired) electrons. The van der Waals surface area contributed by atoms with Crippen molar-refractivity contribution in [3.8, 4) is 5.69 Å². The summed E-state index contributed by atoms with van der Waals surface area (Å²) in [5.74, 6) is 0. The largest absolute Gasteiger partial charge is 0.383 e. The Morgan fingerprint density at radius 1 is 1.47 bits per heavy atom. The minimum absolute atomic E-state index is 0.661. The Morgan fingerprint density at radius 3 is 3.05 bits per heavy atom. The van der Waals surface area contributed by atoms with Crippen molar-refractivity contribution in [3.63, 3.8) is 0 Å². The van der Waals surface area contributed by atoms with E-state index in [2.05, 4.69) is 31.6 Å². The zero-order valence-corrected chi connectivity index (χ0v) is 12.8. The van der Waals surface area contributed by atoms with Gasteiger partial charge in [0.1, 0.15) is 0 Å². The Balaban J connectivity index is 2.04. The van der Waals surface area contributed by atoms with Gasteiger partial charge in [0, 0.05) is 29.7 Å². The van der Waals surface area contributed by atoms with Gasteiger partial charge < -0.3 is 10.1 Å². The molecule has 5 nitrogen and oxygen atoms in total. The lowest BCUT2D eigenvalue weighted by atomic mass is 10.3. The highest BCUT2D eigenvalue weighted by Gasteiger charge is 2.06. The van der Waals surface area contributed by atoms with Crippen LogP contribution in [0.2, 0.25) is 5.02 Å². The number of nitrogens with zero attached hydrogens (tertiary/aromatic N) is 3. The van der Waals surface area contributed by atoms with Gasteiger partial charge in [0.25, 0.3) is 0 Å². The van der Waals surface area contributed by atoms with E-state index in [1.54, 1.807) is 11.8 Å². The summed E-state index contributed by atoms with van der Waals surface area (Å²) in [6, 6.07) is 5.54. The van der Waals surface area contributed by atoms with Gasteiger partial charge in [-0.2, -0.15) is 0 Å². The Bertz CT molecular complexity index is 546. The molecule has 0 fully saturated rings. The lowest BCUT2D eigenvalue weighted by Crippen LogP contribution is -2.18. The van der Waals surface area contributed by atoms with Crippen LogP contribution in [-0.2, 0) is 11.3 Å². The van der Waals surface area contributed by atoms with Crippen molar-refractivity contribution in [3.05, 3.63) is 39.6 Å². The van der Waals surface area contributed by atoms with Gasteiger partial charge in [-0.15, -0.1) is 5.10 Å². The first-order valence-corrected chi connectivity index (χ1v) is 6.94. The minimum Gasteiger partial charge on any atom is -0.383 e. The van der Waals surface area contributed by atoms with Crippen LogP contribution in [0.15, 0.2) is 28.9 Å². The Labute approximate surface area is 125 Å². The van der Waals surface area contributed by atoms with E-state index in [0.717, 1.165) is 22.4 Å². The Hall–Kier alpha value is -0.950. The van der Waals surface area contributed by atoms with Crippen molar-refractivity contribution >= 4 is 27.5 Å². The molecule has 0 unspecified atom stereocenters. The molecular formula is C12H14BrClN4O. The van der Waals surface area contributed by atoms with Crippen LogP contribution in [0.3, 0.4) is 0 Å². The lowest BCUT2D eigenvalue weighted by molar-refractivity contribution is 0.199. The minimum atomic E-state index is 0.661. The van der Waals surface area contributed by atoms with Gasteiger partial charge in [-0.05, 0) is 34.1 Å². The monoisotopic (exact) mass is 344 g/mol. The summed E-state index contributed by atoms with van der Waals surface area (Å²) in [5.41, 5.74) is 1.78. The molecule has 1 aromatic carbocycles. The van der Waals surface area contributed by atoms with Gasteiger partial charge >= 0.3 is 0 Å². The van der Waals surface area contributed by atoms with E-state index in [-0.39, 0.29) is 0 Å². The molecule has 0 spiro atoms. The topological polar surface area (TPSA) is 52.0 Å². The number of benzene rings is 1. The van der Waals surface area contributed by atoms with Gasteiger partial charge in [-0.3, -0.25) is 0 Å².